The quantitative estimate of drug-likeness (QED) is 0.796. The summed E-state index contributed by atoms with van der Waals surface area (Å²) < 4.78 is 4.84. The number of methoxy groups -OCH3 is 1. The zero-order valence-electron chi connectivity index (χ0n) is 8.74. The molecular weight excluding hydrogens is 218 g/mol. The van der Waals surface area contributed by atoms with E-state index in [9.17, 15) is 4.79 Å². The third-order valence-electron chi connectivity index (χ3n) is 1.78. The first-order valence-corrected chi connectivity index (χ1v) is 4.75. The zero-order chi connectivity index (χ0) is 11.4. The van der Waals surface area contributed by atoms with Gasteiger partial charge in [0.25, 0.3) is 5.91 Å². The van der Waals surface area contributed by atoms with Gasteiger partial charge in [-0.3, -0.25) is 10.1 Å². The average molecular weight is 230 g/mol. The van der Waals surface area contributed by atoms with Gasteiger partial charge in [0.15, 0.2) is 0 Å². The summed E-state index contributed by atoms with van der Waals surface area (Å²) in [5.74, 6) is -0.118. The molecule has 1 aromatic heterocycles. The lowest BCUT2D eigenvalue weighted by Crippen LogP contribution is -2.27. The van der Waals surface area contributed by atoms with Crippen LogP contribution in [0.2, 0.25) is 5.15 Å². The second kappa shape index (κ2) is 5.04. The summed E-state index contributed by atoms with van der Waals surface area (Å²) in [5, 5.41) is 2.80. The molecule has 1 rings (SSSR count). The first kappa shape index (κ1) is 11.9. The van der Waals surface area contributed by atoms with Crippen molar-refractivity contribution in [3.63, 3.8) is 0 Å². The van der Waals surface area contributed by atoms with Gasteiger partial charge >= 0.3 is 0 Å². The number of aromatic nitrogens is 2. The zero-order valence-corrected chi connectivity index (χ0v) is 9.50. The summed E-state index contributed by atoms with van der Waals surface area (Å²) in [4.78, 5) is 19.3. The Morgan fingerprint density at radius 1 is 1.60 bits per heavy atom. The van der Waals surface area contributed by atoms with Gasteiger partial charge in [-0.15, -0.1) is 0 Å². The molecule has 0 spiro atoms. The maximum Gasteiger partial charge on any atom is 0.255 e. The lowest BCUT2D eigenvalue weighted by Gasteiger charge is -2.09. The minimum atomic E-state index is -0.548. The maximum atomic E-state index is 11.4. The SMILES string of the molecule is COC(C)C(=O)Nc1nc(C)cc(Cl)n1. The lowest BCUT2D eigenvalue weighted by molar-refractivity contribution is -0.124. The Labute approximate surface area is 92.8 Å². The second-order valence-electron chi connectivity index (χ2n) is 3.02. The minimum absolute atomic E-state index is 0.189. The highest BCUT2D eigenvalue weighted by Crippen LogP contribution is 2.09. The Hall–Kier alpha value is -1.20. The van der Waals surface area contributed by atoms with Crippen LogP contribution in [-0.2, 0) is 9.53 Å². The van der Waals surface area contributed by atoms with Crippen LogP contribution in [0.1, 0.15) is 12.6 Å². The van der Waals surface area contributed by atoms with E-state index in [1.165, 1.54) is 7.11 Å². The van der Waals surface area contributed by atoms with Gasteiger partial charge in [-0.05, 0) is 19.9 Å². The summed E-state index contributed by atoms with van der Waals surface area (Å²) in [5.41, 5.74) is 0.690. The van der Waals surface area contributed by atoms with E-state index in [0.29, 0.717) is 10.8 Å². The van der Waals surface area contributed by atoms with E-state index in [2.05, 4.69) is 15.3 Å². The highest BCUT2D eigenvalue weighted by Gasteiger charge is 2.13. The van der Waals surface area contributed by atoms with Crippen molar-refractivity contribution in [1.82, 2.24) is 9.97 Å². The van der Waals surface area contributed by atoms with E-state index >= 15 is 0 Å². The van der Waals surface area contributed by atoms with Gasteiger partial charge in [-0.25, -0.2) is 9.97 Å². The molecule has 0 aromatic carbocycles. The molecule has 82 valence electrons. The van der Waals surface area contributed by atoms with Crippen LogP contribution in [-0.4, -0.2) is 29.1 Å². The average Bonchev–Trinajstić information content (AvgIpc) is 2.14. The molecule has 1 amide bonds. The Bertz CT molecular complexity index is 350. The van der Waals surface area contributed by atoms with Crippen molar-refractivity contribution in [2.24, 2.45) is 0 Å². The molecule has 0 saturated heterocycles. The molecule has 0 radical (unpaired) electrons. The van der Waals surface area contributed by atoms with Crippen molar-refractivity contribution in [3.05, 3.63) is 16.9 Å². The van der Waals surface area contributed by atoms with Crippen LogP contribution in [0.15, 0.2) is 6.07 Å². The summed E-state index contributed by atoms with van der Waals surface area (Å²) in [6.45, 7) is 3.40. The van der Waals surface area contributed by atoms with Crippen molar-refractivity contribution in [2.75, 3.05) is 12.4 Å². The molecule has 0 bridgehead atoms. The maximum absolute atomic E-state index is 11.4. The third kappa shape index (κ3) is 3.45. The third-order valence-corrected chi connectivity index (χ3v) is 1.97. The number of carbonyl (C=O) groups is 1. The van der Waals surface area contributed by atoms with Crippen molar-refractivity contribution < 1.29 is 9.53 Å². The van der Waals surface area contributed by atoms with Crippen LogP contribution in [0.4, 0.5) is 5.95 Å². The molecule has 1 unspecified atom stereocenters. The summed E-state index contributed by atoms with van der Waals surface area (Å²) in [7, 11) is 1.45. The Morgan fingerprint density at radius 3 is 2.80 bits per heavy atom. The number of rotatable bonds is 3. The van der Waals surface area contributed by atoms with Gasteiger partial charge in [-0.1, -0.05) is 11.6 Å². The Morgan fingerprint density at radius 2 is 2.27 bits per heavy atom. The Kier molecular flexibility index (Phi) is 3.99. The van der Waals surface area contributed by atoms with Gasteiger partial charge in [0.2, 0.25) is 5.95 Å². The monoisotopic (exact) mass is 229 g/mol. The predicted octanol–water partition coefficient (Wildman–Crippen LogP) is 1.41. The first-order chi connectivity index (χ1) is 7.02. The fourth-order valence-electron chi connectivity index (χ4n) is 0.905. The summed E-state index contributed by atoms with van der Waals surface area (Å²) >= 11 is 5.71. The van der Waals surface area contributed by atoms with E-state index in [0.717, 1.165) is 0 Å². The highest BCUT2D eigenvalue weighted by molar-refractivity contribution is 6.29. The highest BCUT2D eigenvalue weighted by atomic mass is 35.5. The second-order valence-corrected chi connectivity index (χ2v) is 3.41. The fraction of sp³-hybridized carbons (Fsp3) is 0.444. The molecule has 15 heavy (non-hydrogen) atoms. The molecule has 1 heterocycles. The number of aryl methyl sites for hydroxylation is 1. The van der Waals surface area contributed by atoms with Gasteiger partial charge in [0.1, 0.15) is 11.3 Å². The lowest BCUT2D eigenvalue weighted by atomic mass is 10.4. The Balaban J connectivity index is 2.76. The minimum Gasteiger partial charge on any atom is -0.372 e. The van der Waals surface area contributed by atoms with Crippen molar-refractivity contribution in [2.45, 2.75) is 20.0 Å². The van der Waals surface area contributed by atoms with Crippen LogP contribution >= 0.6 is 11.6 Å². The molecule has 0 aliphatic carbocycles. The fourth-order valence-corrected chi connectivity index (χ4v) is 1.14. The molecule has 6 heteroatoms. The molecule has 1 N–H and O–H groups in total. The topological polar surface area (TPSA) is 64.1 Å². The number of hydrogen-bond acceptors (Lipinski definition) is 4. The predicted molar refractivity (Wildman–Crippen MR) is 56.9 cm³/mol. The van der Waals surface area contributed by atoms with E-state index in [4.69, 9.17) is 16.3 Å². The standard InChI is InChI=1S/C9H12ClN3O2/c1-5-4-7(10)12-9(11-5)13-8(14)6(2)15-3/h4,6H,1-3H3,(H,11,12,13,14). The van der Waals surface area contributed by atoms with Crippen molar-refractivity contribution >= 4 is 23.5 Å². The molecule has 0 fully saturated rings. The molecule has 1 aromatic rings. The number of hydrogen-bond donors (Lipinski definition) is 1. The molecule has 0 aliphatic rings. The largest absolute Gasteiger partial charge is 0.372 e. The van der Waals surface area contributed by atoms with Gasteiger partial charge < -0.3 is 4.74 Å². The van der Waals surface area contributed by atoms with Crippen LogP contribution in [0, 0.1) is 6.92 Å². The van der Waals surface area contributed by atoms with Crippen molar-refractivity contribution in [3.8, 4) is 0 Å². The van der Waals surface area contributed by atoms with E-state index < -0.39 is 6.10 Å². The first-order valence-electron chi connectivity index (χ1n) is 4.37. The molecule has 0 saturated carbocycles. The summed E-state index contributed by atoms with van der Waals surface area (Å²) in [6.07, 6.45) is -0.548. The number of nitrogens with one attached hydrogen (secondary N) is 1. The van der Waals surface area contributed by atoms with Crippen molar-refractivity contribution in [1.29, 1.82) is 0 Å². The number of nitrogens with zero attached hydrogens (tertiary/aromatic N) is 2. The molecule has 1 atom stereocenters. The van der Waals surface area contributed by atoms with E-state index in [1.807, 2.05) is 0 Å². The molecule has 0 aliphatic heterocycles. The van der Waals surface area contributed by atoms with Crippen LogP contribution in [0.5, 0.6) is 0 Å². The molecular formula is C9H12ClN3O2. The number of halogens is 1. The number of amides is 1. The van der Waals surface area contributed by atoms with Crippen LogP contribution in [0.3, 0.4) is 0 Å². The normalized spacial score (nSPS) is 12.3. The van der Waals surface area contributed by atoms with E-state index in [-0.39, 0.29) is 11.9 Å². The number of anilines is 1. The summed E-state index contributed by atoms with van der Waals surface area (Å²) in [6, 6.07) is 1.61. The van der Waals surface area contributed by atoms with Gasteiger partial charge in [-0.2, -0.15) is 0 Å². The molecule has 5 nitrogen and oxygen atoms in total. The van der Waals surface area contributed by atoms with Crippen LogP contribution < -0.4 is 5.32 Å². The van der Waals surface area contributed by atoms with Gasteiger partial charge in [0.05, 0.1) is 0 Å². The number of carbonyl (C=O) groups excluding carboxylic acids is 1. The number of ether oxygens (including phenoxy) is 1. The van der Waals surface area contributed by atoms with Crippen LogP contribution in [0.25, 0.3) is 0 Å². The van der Waals surface area contributed by atoms with E-state index in [1.54, 1.807) is 19.9 Å². The smallest absolute Gasteiger partial charge is 0.255 e. The van der Waals surface area contributed by atoms with Gasteiger partial charge in [0, 0.05) is 12.8 Å².